The summed E-state index contributed by atoms with van der Waals surface area (Å²) < 4.78 is 27.8. The summed E-state index contributed by atoms with van der Waals surface area (Å²) in [6, 6.07) is 5.38. The molecule has 0 unspecified atom stereocenters. The van der Waals surface area contributed by atoms with Gasteiger partial charge in [-0.25, -0.2) is 13.1 Å². The van der Waals surface area contributed by atoms with E-state index in [1.54, 1.807) is 12.1 Å². The lowest BCUT2D eigenvalue weighted by atomic mass is 9.93. The molecule has 0 bridgehead atoms. The summed E-state index contributed by atoms with van der Waals surface area (Å²) in [6.45, 7) is 2.06. The number of sulfonamides is 1. The summed E-state index contributed by atoms with van der Waals surface area (Å²) in [7, 11) is -3.57. The van der Waals surface area contributed by atoms with Gasteiger partial charge in [-0.05, 0) is 49.8 Å². The first-order valence-corrected chi connectivity index (χ1v) is 9.35. The standard InChI is InChI=1S/C15H23ClN2O2S.ClH/c1-2-3-11-4-9-14(16)15(10-11)21(19,20)18-13-7-5-12(17)6-8-13;/h4,9-10,12-13,18H,2-3,5-8,17H2,1H3;1H. The van der Waals surface area contributed by atoms with Crippen molar-refractivity contribution in [2.75, 3.05) is 0 Å². The largest absolute Gasteiger partial charge is 0.328 e. The second-order valence-corrected chi connectivity index (χ2v) is 7.84. The minimum Gasteiger partial charge on any atom is -0.328 e. The van der Waals surface area contributed by atoms with Crippen LogP contribution in [-0.2, 0) is 16.4 Å². The molecule has 2 rings (SSSR count). The monoisotopic (exact) mass is 366 g/mol. The Morgan fingerprint density at radius 3 is 2.50 bits per heavy atom. The number of hydrogen-bond acceptors (Lipinski definition) is 3. The van der Waals surface area contributed by atoms with E-state index in [0.29, 0.717) is 0 Å². The topological polar surface area (TPSA) is 72.2 Å². The smallest absolute Gasteiger partial charge is 0.242 e. The maximum atomic E-state index is 12.5. The minimum absolute atomic E-state index is 0. The van der Waals surface area contributed by atoms with Gasteiger partial charge in [0.25, 0.3) is 0 Å². The maximum Gasteiger partial charge on any atom is 0.242 e. The molecule has 0 aromatic heterocycles. The Morgan fingerprint density at radius 2 is 1.91 bits per heavy atom. The lowest BCUT2D eigenvalue weighted by Crippen LogP contribution is -2.40. The fourth-order valence-corrected chi connectivity index (χ4v) is 4.57. The van der Waals surface area contributed by atoms with Gasteiger partial charge >= 0.3 is 0 Å². The number of aryl methyl sites for hydroxylation is 1. The molecule has 1 aromatic carbocycles. The lowest BCUT2D eigenvalue weighted by Gasteiger charge is -2.26. The van der Waals surface area contributed by atoms with Crippen molar-refractivity contribution in [3.05, 3.63) is 28.8 Å². The van der Waals surface area contributed by atoms with Crippen LogP contribution in [-0.4, -0.2) is 20.5 Å². The second-order valence-electron chi connectivity index (χ2n) is 5.75. The molecule has 1 saturated carbocycles. The van der Waals surface area contributed by atoms with Gasteiger partial charge in [0, 0.05) is 12.1 Å². The van der Waals surface area contributed by atoms with Crippen molar-refractivity contribution in [2.45, 2.75) is 62.4 Å². The molecule has 1 aliphatic carbocycles. The molecule has 126 valence electrons. The lowest BCUT2D eigenvalue weighted by molar-refractivity contribution is 0.373. The number of rotatable bonds is 5. The number of hydrogen-bond donors (Lipinski definition) is 2. The molecule has 3 N–H and O–H groups in total. The summed E-state index contributed by atoms with van der Waals surface area (Å²) in [5.74, 6) is 0. The molecule has 1 aliphatic rings. The SMILES string of the molecule is CCCc1ccc(Cl)c(S(=O)(=O)NC2CCC(N)CC2)c1.Cl. The van der Waals surface area contributed by atoms with Gasteiger partial charge in [0.15, 0.2) is 0 Å². The van der Waals surface area contributed by atoms with E-state index < -0.39 is 10.0 Å². The van der Waals surface area contributed by atoms with Crippen molar-refractivity contribution >= 4 is 34.0 Å². The van der Waals surface area contributed by atoms with Crippen molar-refractivity contribution in [1.29, 1.82) is 0 Å². The van der Waals surface area contributed by atoms with Crippen LogP contribution in [0.4, 0.5) is 0 Å². The van der Waals surface area contributed by atoms with Crippen LogP contribution in [0.5, 0.6) is 0 Å². The third-order valence-electron chi connectivity index (χ3n) is 3.92. The number of halogens is 2. The molecule has 1 aromatic rings. The van der Waals surface area contributed by atoms with Crippen LogP contribution < -0.4 is 10.5 Å². The normalized spacial score (nSPS) is 22.1. The molecule has 0 spiro atoms. The van der Waals surface area contributed by atoms with E-state index in [1.165, 1.54) is 0 Å². The Morgan fingerprint density at radius 1 is 1.27 bits per heavy atom. The molecule has 0 atom stereocenters. The Labute approximate surface area is 144 Å². The summed E-state index contributed by atoms with van der Waals surface area (Å²) in [5, 5.41) is 0.273. The van der Waals surface area contributed by atoms with Gasteiger partial charge in [-0.15, -0.1) is 12.4 Å². The van der Waals surface area contributed by atoms with Crippen molar-refractivity contribution in [1.82, 2.24) is 4.72 Å². The van der Waals surface area contributed by atoms with E-state index in [0.717, 1.165) is 44.1 Å². The Hall–Kier alpha value is -0.330. The predicted octanol–water partition coefficient (Wildman–Crippen LogP) is 3.26. The quantitative estimate of drug-likeness (QED) is 0.839. The van der Waals surface area contributed by atoms with Gasteiger partial charge in [-0.3, -0.25) is 0 Å². The number of nitrogens with one attached hydrogen (secondary N) is 1. The van der Waals surface area contributed by atoms with E-state index >= 15 is 0 Å². The molecule has 7 heteroatoms. The maximum absolute atomic E-state index is 12.5. The fraction of sp³-hybridized carbons (Fsp3) is 0.600. The van der Waals surface area contributed by atoms with E-state index in [2.05, 4.69) is 11.6 Å². The fourth-order valence-electron chi connectivity index (χ4n) is 2.72. The zero-order chi connectivity index (χ0) is 15.5. The Bertz CT molecular complexity index is 585. The van der Waals surface area contributed by atoms with Crippen molar-refractivity contribution in [2.24, 2.45) is 5.73 Å². The molecular formula is C15H24Cl2N2O2S. The summed E-state index contributed by atoms with van der Waals surface area (Å²) >= 11 is 6.08. The molecule has 0 heterocycles. The van der Waals surface area contributed by atoms with E-state index in [9.17, 15) is 8.42 Å². The molecule has 0 saturated heterocycles. The van der Waals surface area contributed by atoms with Gasteiger partial charge < -0.3 is 5.73 Å². The molecule has 1 fully saturated rings. The Balaban J connectivity index is 0.00000242. The van der Waals surface area contributed by atoms with Crippen LogP contribution in [0.3, 0.4) is 0 Å². The van der Waals surface area contributed by atoms with E-state index in [1.807, 2.05) is 6.07 Å². The van der Waals surface area contributed by atoms with Gasteiger partial charge in [0.05, 0.1) is 5.02 Å². The third-order valence-corrected chi connectivity index (χ3v) is 5.92. The van der Waals surface area contributed by atoms with E-state index in [-0.39, 0.29) is 34.4 Å². The zero-order valence-electron chi connectivity index (χ0n) is 12.7. The predicted molar refractivity (Wildman–Crippen MR) is 93.2 cm³/mol. The highest BCUT2D eigenvalue weighted by Crippen LogP contribution is 2.25. The number of nitrogens with two attached hydrogens (primary N) is 1. The number of benzene rings is 1. The average molecular weight is 367 g/mol. The van der Waals surface area contributed by atoms with Crippen LogP contribution >= 0.6 is 24.0 Å². The van der Waals surface area contributed by atoms with Crippen LogP contribution in [0.2, 0.25) is 5.02 Å². The van der Waals surface area contributed by atoms with Gasteiger partial charge in [0.1, 0.15) is 4.90 Å². The summed E-state index contributed by atoms with van der Waals surface area (Å²) in [4.78, 5) is 0.185. The molecule has 0 aliphatic heterocycles. The first-order valence-electron chi connectivity index (χ1n) is 7.48. The molecule has 4 nitrogen and oxygen atoms in total. The summed E-state index contributed by atoms with van der Waals surface area (Å²) in [5.41, 5.74) is 6.84. The molecule has 22 heavy (non-hydrogen) atoms. The third kappa shape index (κ3) is 5.10. The van der Waals surface area contributed by atoms with Crippen molar-refractivity contribution in [3.8, 4) is 0 Å². The van der Waals surface area contributed by atoms with Gasteiger partial charge in [-0.2, -0.15) is 0 Å². The van der Waals surface area contributed by atoms with Crippen molar-refractivity contribution < 1.29 is 8.42 Å². The molecule has 0 radical (unpaired) electrons. The average Bonchev–Trinajstić information content (AvgIpc) is 2.43. The second kappa shape index (κ2) is 8.50. The molecular weight excluding hydrogens is 343 g/mol. The van der Waals surface area contributed by atoms with Crippen LogP contribution in [0.15, 0.2) is 23.1 Å². The zero-order valence-corrected chi connectivity index (χ0v) is 15.1. The highest BCUT2D eigenvalue weighted by atomic mass is 35.5. The van der Waals surface area contributed by atoms with Crippen molar-refractivity contribution in [3.63, 3.8) is 0 Å². The van der Waals surface area contributed by atoms with Crippen LogP contribution in [0.25, 0.3) is 0 Å². The highest BCUT2D eigenvalue weighted by molar-refractivity contribution is 7.89. The highest BCUT2D eigenvalue weighted by Gasteiger charge is 2.25. The minimum atomic E-state index is -3.57. The first kappa shape index (κ1) is 19.7. The van der Waals surface area contributed by atoms with Gasteiger partial charge in [-0.1, -0.05) is 31.0 Å². The van der Waals surface area contributed by atoms with Crippen LogP contribution in [0, 0.1) is 0 Å². The van der Waals surface area contributed by atoms with Crippen LogP contribution in [0.1, 0.15) is 44.6 Å². The molecule has 0 amide bonds. The Kier molecular flexibility index (Phi) is 7.62. The van der Waals surface area contributed by atoms with E-state index in [4.69, 9.17) is 17.3 Å². The van der Waals surface area contributed by atoms with Gasteiger partial charge in [0.2, 0.25) is 10.0 Å². The first-order chi connectivity index (χ1) is 9.92. The summed E-state index contributed by atoms with van der Waals surface area (Å²) in [6.07, 6.45) is 5.10.